The molecule has 0 spiro atoms. The summed E-state index contributed by atoms with van der Waals surface area (Å²) in [5.41, 5.74) is 3.20. The standard InChI is InChI=1S/C19H17ClN6O2/c1-12-6-13(2)26-18(23-12)17(9-22-26)19(27)24-15-8-21-25(10-15)11-28-16-5-3-4-14(20)7-16/h3-10H,11H2,1-2H3,(H,24,27). The Morgan fingerprint density at radius 2 is 2.07 bits per heavy atom. The second-order valence-electron chi connectivity index (χ2n) is 6.29. The number of anilines is 1. The molecule has 28 heavy (non-hydrogen) atoms. The molecule has 0 aliphatic carbocycles. The average molecular weight is 397 g/mol. The Kier molecular flexibility index (Phi) is 4.70. The molecule has 142 valence electrons. The zero-order chi connectivity index (χ0) is 19.7. The number of nitrogens with zero attached hydrogens (tertiary/aromatic N) is 5. The highest BCUT2D eigenvalue weighted by atomic mass is 35.5. The van der Waals surface area contributed by atoms with Gasteiger partial charge < -0.3 is 10.1 Å². The Morgan fingerprint density at radius 3 is 2.89 bits per heavy atom. The molecule has 0 aliphatic rings. The largest absolute Gasteiger partial charge is 0.471 e. The van der Waals surface area contributed by atoms with E-state index in [1.165, 1.54) is 6.20 Å². The van der Waals surface area contributed by atoms with Gasteiger partial charge in [0.15, 0.2) is 12.4 Å². The lowest BCUT2D eigenvalue weighted by atomic mass is 10.3. The third-order valence-corrected chi connectivity index (χ3v) is 4.31. The van der Waals surface area contributed by atoms with Gasteiger partial charge in [0.05, 0.1) is 24.3 Å². The Bertz CT molecular complexity index is 1170. The van der Waals surface area contributed by atoms with Gasteiger partial charge in [0, 0.05) is 16.4 Å². The topological polar surface area (TPSA) is 86.3 Å². The number of hydrogen-bond acceptors (Lipinski definition) is 5. The van der Waals surface area contributed by atoms with E-state index in [9.17, 15) is 4.79 Å². The molecular weight excluding hydrogens is 380 g/mol. The number of aryl methyl sites for hydroxylation is 2. The summed E-state index contributed by atoms with van der Waals surface area (Å²) in [7, 11) is 0. The quantitative estimate of drug-likeness (QED) is 0.558. The first-order valence-corrected chi connectivity index (χ1v) is 8.91. The highest BCUT2D eigenvalue weighted by Gasteiger charge is 2.16. The second-order valence-corrected chi connectivity index (χ2v) is 6.72. The Morgan fingerprint density at radius 1 is 1.21 bits per heavy atom. The van der Waals surface area contributed by atoms with Crippen molar-refractivity contribution in [3.63, 3.8) is 0 Å². The molecule has 0 bridgehead atoms. The van der Waals surface area contributed by atoms with E-state index < -0.39 is 0 Å². The van der Waals surface area contributed by atoms with Crippen molar-refractivity contribution >= 4 is 28.8 Å². The van der Waals surface area contributed by atoms with Crippen LogP contribution in [0.2, 0.25) is 5.02 Å². The van der Waals surface area contributed by atoms with Crippen LogP contribution in [-0.4, -0.2) is 30.3 Å². The number of carbonyl (C=O) groups is 1. The summed E-state index contributed by atoms with van der Waals surface area (Å²) in [6, 6.07) is 9.01. The smallest absolute Gasteiger partial charge is 0.261 e. The Labute approximate surface area is 165 Å². The third kappa shape index (κ3) is 3.67. The van der Waals surface area contributed by atoms with Gasteiger partial charge in [-0.3, -0.25) is 4.79 Å². The first kappa shape index (κ1) is 18.0. The van der Waals surface area contributed by atoms with Crippen molar-refractivity contribution in [2.75, 3.05) is 5.32 Å². The molecule has 1 aromatic carbocycles. The van der Waals surface area contributed by atoms with Gasteiger partial charge in [-0.05, 0) is 38.1 Å². The van der Waals surface area contributed by atoms with Gasteiger partial charge in [-0.2, -0.15) is 10.2 Å². The third-order valence-electron chi connectivity index (χ3n) is 4.07. The molecule has 3 aromatic heterocycles. The van der Waals surface area contributed by atoms with E-state index >= 15 is 0 Å². The summed E-state index contributed by atoms with van der Waals surface area (Å²) < 4.78 is 8.84. The summed E-state index contributed by atoms with van der Waals surface area (Å²) >= 11 is 5.94. The van der Waals surface area contributed by atoms with Crippen molar-refractivity contribution < 1.29 is 9.53 Å². The number of aromatic nitrogens is 5. The molecule has 0 aliphatic heterocycles. The number of benzene rings is 1. The Hall–Kier alpha value is -3.39. The van der Waals surface area contributed by atoms with Gasteiger partial charge in [0.2, 0.25) is 0 Å². The van der Waals surface area contributed by atoms with Crippen LogP contribution in [0, 0.1) is 13.8 Å². The van der Waals surface area contributed by atoms with Crippen LogP contribution in [0.15, 0.2) is 48.9 Å². The fraction of sp³-hybridized carbons (Fsp3) is 0.158. The van der Waals surface area contributed by atoms with Crippen molar-refractivity contribution in [1.29, 1.82) is 0 Å². The minimum absolute atomic E-state index is 0.187. The molecule has 4 rings (SSSR count). The molecule has 8 nitrogen and oxygen atoms in total. The average Bonchev–Trinajstić information content (AvgIpc) is 3.27. The lowest BCUT2D eigenvalue weighted by molar-refractivity contribution is 0.102. The minimum Gasteiger partial charge on any atom is -0.471 e. The molecule has 0 atom stereocenters. The summed E-state index contributed by atoms with van der Waals surface area (Å²) in [5.74, 6) is 0.333. The predicted molar refractivity (Wildman–Crippen MR) is 105 cm³/mol. The molecule has 4 aromatic rings. The predicted octanol–water partition coefficient (Wildman–Crippen LogP) is 3.48. The molecule has 1 N–H and O–H groups in total. The summed E-state index contributed by atoms with van der Waals surface area (Å²) in [6.07, 6.45) is 4.74. The molecular formula is C19H17ClN6O2. The monoisotopic (exact) mass is 396 g/mol. The summed E-state index contributed by atoms with van der Waals surface area (Å²) in [5, 5.41) is 11.8. The van der Waals surface area contributed by atoms with Gasteiger partial charge in [-0.15, -0.1) is 0 Å². The zero-order valence-corrected chi connectivity index (χ0v) is 16.0. The summed E-state index contributed by atoms with van der Waals surface area (Å²) in [6.45, 7) is 3.98. The van der Waals surface area contributed by atoms with E-state index in [4.69, 9.17) is 16.3 Å². The van der Waals surface area contributed by atoms with Crippen molar-refractivity contribution in [2.24, 2.45) is 0 Å². The molecule has 0 saturated heterocycles. The van der Waals surface area contributed by atoms with Crippen molar-refractivity contribution in [2.45, 2.75) is 20.6 Å². The van der Waals surface area contributed by atoms with Crippen LogP contribution in [0.3, 0.4) is 0 Å². The second kappa shape index (κ2) is 7.32. The van der Waals surface area contributed by atoms with E-state index in [1.54, 1.807) is 45.9 Å². The van der Waals surface area contributed by atoms with Crippen LogP contribution in [0.25, 0.3) is 5.65 Å². The first-order valence-electron chi connectivity index (χ1n) is 8.54. The number of fused-ring (bicyclic) bond motifs is 1. The number of hydrogen-bond donors (Lipinski definition) is 1. The van der Waals surface area contributed by atoms with Crippen LogP contribution < -0.4 is 10.1 Å². The summed E-state index contributed by atoms with van der Waals surface area (Å²) in [4.78, 5) is 17.1. The normalized spacial score (nSPS) is 11.0. The fourth-order valence-electron chi connectivity index (χ4n) is 2.83. The molecule has 3 heterocycles. The van der Waals surface area contributed by atoms with E-state index in [2.05, 4.69) is 20.5 Å². The number of nitrogens with one attached hydrogen (secondary N) is 1. The molecule has 0 saturated carbocycles. The van der Waals surface area contributed by atoms with Crippen LogP contribution in [-0.2, 0) is 6.73 Å². The number of carbonyl (C=O) groups excluding carboxylic acids is 1. The molecule has 9 heteroatoms. The van der Waals surface area contributed by atoms with Crippen molar-refractivity contribution in [3.05, 3.63) is 70.9 Å². The minimum atomic E-state index is -0.303. The number of rotatable bonds is 5. The molecule has 0 unspecified atom stereocenters. The van der Waals surface area contributed by atoms with Gasteiger partial charge in [-0.1, -0.05) is 17.7 Å². The van der Waals surface area contributed by atoms with Gasteiger partial charge in [0.25, 0.3) is 5.91 Å². The van der Waals surface area contributed by atoms with Gasteiger partial charge in [-0.25, -0.2) is 14.2 Å². The van der Waals surface area contributed by atoms with Crippen LogP contribution in [0.1, 0.15) is 21.7 Å². The lowest BCUT2D eigenvalue weighted by Gasteiger charge is -2.06. The lowest BCUT2D eigenvalue weighted by Crippen LogP contribution is -2.12. The van der Waals surface area contributed by atoms with Crippen molar-refractivity contribution in [3.8, 4) is 5.75 Å². The number of halogens is 1. The maximum atomic E-state index is 12.7. The van der Waals surface area contributed by atoms with Gasteiger partial charge in [0.1, 0.15) is 11.3 Å². The van der Waals surface area contributed by atoms with E-state index in [1.807, 2.05) is 19.9 Å². The maximum absolute atomic E-state index is 12.7. The van der Waals surface area contributed by atoms with Crippen LogP contribution in [0.4, 0.5) is 5.69 Å². The maximum Gasteiger partial charge on any atom is 0.261 e. The van der Waals surface area contributed by atoms with Crippen molar-refractivity contribution in [1.82, 2.24) is 24.4 Å². The highest BCUT2D eigenvalue weighted by molar-refractivity contribution is 6.30. The van der Waals surface area contributed by atoms with E-state index in [0.717, 1.165) is 11.4 Å². The van der Waals surface area contributed by atoms with Gasteiger partial charge >= 0.3 is 0 Å². The highest BCUT2D eigenvalue weighted by Crippen LogP contribution is 2.18. The molecule has 1 amide bonds. The number of amides is 1. The number of ether oxygens (including phenoxy) is 1. The van der Waals surface area contributed by atoms with E-state index in [0.29, 0.717) is 27.7 Å². The van der Waals surface area contributed by atoms with E-state index in [-0.39, 0.29) is 12.6 Å². The molecule has 0 radical (unpaired) electrons. The zero-order valence-electron chi connectivity index (χ0n) is 15.3. The SMILES string of the molecule is Cc1cc(C)n2ncc(C(=O)Nc3cnn(COc4cccc(Cl)c4)c3)c2n1. The first-order chi connectivity index (χ1) is 13.5. The molecule has 0 fully saturated rings. The Balaban J connectivity index is 1.46. The van der Waals surface area contributed by atoms with Crippen LogP contribution in [0.5, 0.6) is 5.75 Å². The van der Waals surface area contributed by atoms with Crippen LogP contribution >= 0.6 is 11.6 Å². The fourth-order valence-corrected chi connectivity index (χ4v) is 3.01.